The largest absolute Gasteiger partial charge is 0.454 e. The molecule has 0 amide bonds. The van der Waals surface area contributed by atoms with Crippen molar-refractivity contribution >= 4 is 21.9 Å². The first-order valence-corrected chi connectivity index (χ1v) is 15.9. The Morgan fingerprint density at radius 2 is 1.28 bits per heavy atom. The fourth-order valence-electron chi connectivity index (χ4n) is 8.10. The molecule has 218 valence electrons. The highest BCUT2D eigenvalue weighted by Crippen LogP contribution is 2.51. The van der Waals surface area contributed by atoms with Crippen LogP contribution in [0.25, 0.3) is 66.7 Å². The van der Waals surface area contributed by atoms with Crippen LogP contribution in [0.15, 0.2) is 150 Å². The maximum atomic E-state index is 10.3. The van der Waals surface area contributed by atoms with Gasteiger partial charge in [-0.15, -0.1) is 9.13 Å². The van der Waals surface area contributed by atoms with E-state index in [4.69, 9.17) is 4.42 Å². The lowest BCUT2D eigenvalue weighted by Gasteiger charge is -2.17. The molecule has 0 N–H and O–H groups in total. The summed E-state index contributed by atoms with van der Waals surface area (Å²) in [6.45, 7) is 2.15. The van der Waals surface area contributed by atoms with Gasteiger partial charge in [-0.2, -0.15) is 5.26 Å². The van der Waals surface area contributed by atoms with E-state index >= 15 is 0 Å². The molecule has 5 heterocycles. The van der Waals surface area contributed by atoms with E-state index in [2.05, 4.69) is 138 Å². The molecule has 0 radical (unpaired) electrons. The molecule has 2 aliphatic rings. The Morgan fingerprint density at radius 1 is 0.574 bits per heavy atom. The summed E-state index contributed by atoms with van der Waals surface area (Å²) < 4.78 is 11.9. The lowest BCUT2D eigenvalue weighted by Crippen LogP contribution is -2.71. The highest BCUT2D eigenvalue weighted by atomic mass is 16.3. The highest BCUT2D eigenvalue weighted by molar-refractivity contribution is 6.14. The third-order valence-electron chi connectivity index (χ3n) is 10.1. The average Bonchev–Trinajstić information content (AvgIpc) is 3.75. The minimum Gasteiger partial charge on any atom is -0.454 e. The molecule has 1 spiro atoms. The van der Waals surface area contributed by atoms with Crippen LogP contribution >= 0.6 is 0 Å². The van der Waals surface area contributed by atoms with Crippen molar-refractivity contribution in [3.63, 3.8) is 0 Å². The molecule has 3 aromatic heterocycles. The van der Waals surface area contributed by atoms with Crippen LogP contribution < -0.4 is 9.13 Å². The monoisotopic (exact) mass is 601 g/mol. The van der Waals surface area contributed by atoms with Crippen LogP contribution in [0, 0.1) is 18.3 Å². The fraction of sp³-hybridized carbons (Fsp3) is 0.0465. The predicted octanol–water partition coefficient (Wildman–Crippen LogP) is 8.93. The van der Waals surface area contributed by atoms with Crippen molar-refractivity contribution in [1.82, 2.24) is 0 Å². The highest BCUT2D eigenvalue weighted by Gasteiger charge is 2.67. The van der Waals surface area contributed by atoms with Crippen LogP contribution in [0.3, 0.4) is 0 Å². The molecule has 1 atom stereocenters. The normalized spacial score (nSPS) is 15.4. The molecule has 4 heteroatoms. The number of benzene rings is 5. The molecular weight excluding hydrogens is 574 g/mol. The van der Waals surface area contributed by atoms with E-state index in [0.29, 0.717) is 5.56 Å². The van der Waals surface area contributed by atoms with Crippen molar-refractivity contribution < 1.29 is 13.6 Å². The predicted molar refractivity (Wildman–Crippen MR) is 183 cm³/mol. The molecule has 0 saturated heterocycles. The van der Waals surface area contributed by atoms with E-state index in [9.17, 15) is 5.26 Å². The van der Waals surface area contributed by atoms with Crippen LogP contribution in [0.5, 0.6) is 0 Å². The van der Waals surface area contributed by atoms with Gasteiger partial charge in [0.2, 0.25) is 11.4 Å². The zero-order valence-electron chi connectivity index (χ0n) is 25.6. The number of nitriles is 1. The van der Waals surface area contributed by atoms with Gasteiger partial charge in [0.1, 0.15) is 27.9 Å². The molecule has 1 unspecified atom stereocenters. The van der Waals surface area contributed by atoms with Crippen molar-refractivity contribution in [3.8, 4) is 50.8 Å². The Bertz CT molecular complexity index is 2640. The summed E-state index contributed by atoms with van der Waals surface area (Å²) in [5, 5.41) is 12.3. The minimum atomic E-state index is -0.606. The van der Waals surface area contributed by atoms with Gasteiger partial charge in [0.25, 0.3) is 0 Å². The van der Waals surface area contributed by atoms with Crippen LogP contribution in [0.1, 0.15) is 22.3 Å². The number of nitrogens with zero attached hydrogens (tertiary/aromatic N) is 3. The van der Waals surface area contributed by atoms with Crippen LogP contribution in [-0.4, -0.2) is 0 Å². The first-order chi connectivity index (χ1) is 23.2. The third kappa shape index (κ3) is 3.30. The number of hydrogen-bond donors (Lipinski definition) is 0. The second-order valence-electron chi connectivity index (χ2n) is 12.5. The van der Waals surface area contributed by atoms with Crippen molar-refractivity contribution in [2.45, 2.75) is 12.6 Å². The van der Waals surface area contributed by atoms with Gasteiger partial charge in [-0.1, -0.05) is 66.7 Å². The topological polar surface area (TPSA) is 44.7 Å². The molecular formula is C43H27N3O+2. The summed E-state index contributed by atoms with van der Waals surface area (Å²) in [5.41, 5.74) is 13.8. The van der Waals surface area contributed by atoms with Crippen molar-refractivity contribution in [3.05, 3.63) is 168 Å². The van der Waals surface area contributed by atoms with Crippen LogP contribution in [0.4, 0.5) is 0 Å². The number of aromatic nitrogens is 2. The summed E-state index contributed by atoms with van der Waals surface area (Å²) in [6, 6.07) is 49.3. The van der Waals surface area contributed by atoms with E-state index in [0.717, 1.165) is 55.4 Å². The molecule has 0 saturated carbocycles. The number of pyridine rings is 2. The summed E-state index contributed by atoms with van der Waals surface area (Å²) in [6.07, 6.45) is 4.46. The van der Waals surface area contributed by atoms with Gasteiger partial charge in [0, 0.05) is 40.1 Å². The Balaban J connectivity index is 1.27. The van der Waals surface area contributed by atoms with Gasteiger partial charge in [-0.3, -0.25) is 0 Å². The number of rotatable bonds is 2. The number of furan rings is 1. The van der Waals surface area contributed by atoms with Gasteiger partial charge in [-0.25, -0.2) is 0 Å². The molecule has 8 aromatic rings. The second-order valence-corrected chi connectivity index (χ2v) is 12.5. The SMILES string of the molecule is Cc1ccc2[n+](c1)C1(c3ccccc3-2)c2ccc3c(oc4c(-c5ccc(-c6ccccc6)cc5)c(C#N)ccc43)c2-c2cccc[n+]21. The first-order valence-electron chi connectivity index (χ1n) is 15.9. The number of hydrogen-bond acceptors (Lipinski definition) is 2. The van der Waals surface area contributed by atoms with Gasteiger partial charge < -0.3 is 4.42 Å². The average molecular weight is 602 g/mol. The molecule has 5 aromatic carbocycles. The Hall–Kier alpha value is -6.31. The number of aryl methyl sites for hydroxylation is 1. The molecule has 2 aliphatic heterocycles. The smallest absolute Gasteiger partial charge is 0.417 e. The minimum absolute atomic E-state index is 0.594. The standard InChI is InChI=1S/C43H27N3O/c1-27-14-23-37-34-11-5-6-12-35(34)43(46(37)26-27)36-22-21-33-32-20-19-31(25-44)39(30-17-15-29(16-18-30)28-9-3-2-4-10-28)41(32)47-42(33)40(36)38-13-7-8-24-45(38)43/h2-24,26H,1H3/q+2. The van der Waals surface area contributed by atoms with Gasteiger partial charge in [0.15, 0.2) is 12.4 Å². The molecule has 10 rings (SSSR count). The van der Waals surface area contributed by atoms with E-state index in [1.807, 2.05) is 30.3 Å². The van der Waals surface area contributed by atoms with E-state index in [-0.39, 0.29) is 0 Å². The summed E-state index contributed by atoms with van der Waals surface area (Å²) in [4.78, 5) is 0. The van der Waals surface area contributed by atoms with Gasteiger partial charge >= 0.3 is 5.66 Å². The Morgan fingerprint density at radius 3 is 2.11 bits per heavy atom. The first kappa shape index (κ1) is 26.0. The number of fused-ring (bicyclic) bond motifs is 14. The molecule has 47 heavy (non-hydrogen) atoms. The maximum Gasteiger partial charge on any atom is 0.417 e. The molecule has 0 aliphatic carbocycles. The van der Waals surface area contributed by atoms with E-state index in [1.165, 1.54) is 27.9 Å². The van der Waals surface area contributed by atoms with Crippen LogP contribution in [0.2, 0.25) is 0 Å². The second kappa shape index (κ2) is 9.36. The zero-order chi connectivity index (χ0) is 31.3. The Labute approximate surface area is 271 Å². The van der Waals surface area contributed by atoms with Gasteiger partial charge in [-0.05, 0) is 72.1 Å². The fourth-order valence-corrected chi connectivity index (χ4v) is 8.10. The van der Waals surface area contributed by atoms with Crippen molar-refractivity contribution in [1.29, 1.82) is 5.26 Å². The van der Waals surface area contributed by atoms with E-state index in [1.54, 1.807) is 0 Å². The Kier molecular flexibility index (Phi) is 5.17. The zero-order valence-corrected chi connectivity index (χ0v) is 25.6. The van der Waals surface area contributed by atoms with Crippen molar-refractivity contribution in [2.75, 3.05) is 0 Å². The maximum absolute atomic E-state index is 10.3. The summed E-state index contributed by atoms with van der Waals surface area (Å²) in [5.74, 6) is 0. The summed E-state index contributed by atoms with van der Waals surface area (Å²) in [7, 11) is 0. The lowest BCUT2D eigenvalue weighted by atomic mass is 9.89. The van der Waals surface area contributed by atoms with E-state index < -0.39 is 5.66 Å². The molecule has 4 nitrogen and oxygen atoms in total. The molecule has 0 bridgehead atoms. The summed E-state index contributed by atoms with van der Waals surface area (Å²) >= 11 is 0. The quantitative estimate of drug-likeness (QED) is 0.186. The van der Waals surface area contributed by atoms with Crippen LogP contribution in [-0.2, 0) is 5.66 Å². The lowest BCUT2D eigenvalue weighted by molar-refractivity contribution is -0.955. The molecule has 0 fully saturated rings. The van der Waals surface area contributed by atoms with Gasteiger partial charge in [0.05, 0.1) is 17.2 Å². The third-order valence-corrected chi connectivity index (χ3v) is 10.1. The van der Waals surface area contributed by atoms with Crippen molar-refractivity contribution in [2.24, 2.45) is 0 Å².